The minimum Gasteiger partial charge on any atom is -0.480 e. The van der Waals surface area contributed by atoms with Crippen molar-refractivity contribution in [2.24, 2.45) is 23.1 Å². The number of hydrogen-bond acceptors (Lipinski definition) is 8. The molecule has 0 aromatic heterocycles. The average Bonchev–Trinajstić information content (AvgIpc) is 2.73. The molecule has 0 aliphatic carbocycles. The predicted octanol–water partition coefficient (Wildman–Crippen LogP) is -2.72. The van der Waals surface area contributed by atoms with E-state index in [0.29, 0.717) is 25.8 Å². The van der Waals surface area contributed by atoms with Gasteiger partial charge < -0.3 is 43.4 Å². The first-order valence-corrected chi connectivity index (χ1v) is 10.9. The lowest BCUT2D eigenvalue weighted by Gasteiger charge is -2.28. The van der Waals surface area contributed by atoms with E-state index in [2.05, 4.69) is 16.0 Å². The topological polar surface area (TPSA) is 240 Å². The minimum atomic E-state index is -1.56. The Bertz CT molecular complexity index is 688. The predicted molar refractivity (Wildman–Crippen MR) is 119 cm³/mol. The summed E-state index contributed by atoms with van der Waals surface area (Å²) in [5.41, 5.74) is 16.2. The van der Waals surface area contributed by atoms with Crippen molar-refractivity contribution in [2.45, 2.75) is 83.1 Å². The maximum atomic E-state index is 13.0. The molecule has 0 aliphatic heterocycles. The number of nitrogens with one attached hydrogen (secondary N) is 3. The fraction of sp³-hybridized carbons (Fsp3) is 0.750. The summed E-state index contributed by atoms with van der Waals surface area (Å²) in [6.07, 6.45) is -0.0388. The van der Waals surface area contributed by atoms with Crippen molar-refractivity contribution >= 4 is 29.6 Å². The van der Waals surface area contributed by atoms with Gasteiger partial charge >= 0.3 is 5.97 Å². The molecule has 0 aromatic rings. The molecule has 0 saturated carbocycles. The number of rotatable bonds is 16. The third kappa shape index (κ3) is 11.1. The number of primary amides is 1. The Morgan fingerprint density at radius 3 is 1.94 bits per heavy atom. The second kappa shape index (κ2) is 15.1. The van der Waals surface area contributed by atoms with E-state index in [1.165, 1.54) is 6.92 Å². The molecule has 0 saturated heterocycles. The zero-order valence-corrected chi connectivity index (χ0v) is 19.4. The van der Waals surface area contributed by atoms with Crippen LogP contribution in [0.1, 0.15) is 52.9 Å². The van der Waals surface area contributed by atoms with Gasteiger partial charge in [-0.3, -0.25) is 19.2 Å². The minimum absolute atomic E-state index is 0.193. The van der Waals surface area contributed by atoms with E-state index in [9.17, 15) is 34.2 Å². The normalized spacial score (nSPS) is 16.4. The molecule has 0 rings (SSSR count). The molecule has 4 amide bonds. The van der Waals surface area contributed by atoms with Gasteiger partial charge in [-0.15, -0.1) is 0 Å². The number of carboxylic acid groups (broad SMARTS) is 1. The molecule has 33 heavy (non-hydrogen) atoms. The lowest BCUT2D eigenvalue weighted by molar-refractivity contribution is -0.145. The monoisotopic (exact) mass is 474 g/mol. The largest absolute Gasteiger partial charge is 0.480 e. The second-order valence-corrected chi connectivity index (χ2v) is 8.06. The van der Waals surface area contributed by atoms with Gasteiger partial charge in [0, 0.05) is 0 Å². The third-order valence-electron chi connectivity index (χ3n) is 5.18. The zero-order valence-electron chi connectivity index (χ0n) is 19.4. The van der Waals surface area contributed by atoms with Gasteiger partial charge in [0.25, 0.3) is 0 Å². The van der Waals surface area contributed by atoms with E-state index in [0.717, 1.165) is 0 Å². The van der Waals surface area contributed by atoms with Crippen LogP contribution in [0.3, 0.4) is 0 Å². The number of nitrogens with two attached hydrogens (primary N) is 3. The van der Waals surface area contributed by atoms with Crippen LogP contribution in [0, 0.1) is 5.92 Å². The number of unbranched alkanes of at least 4 members (excludes halogenated alkanes) is 1. The highest BCUT2D eigenvalue weighted by molar-refractivity contribution is 5.95. The third-order valence-corrected chi connectivity index (χ3v) is 5.18. The fourth-order valence-corrected chi connectivity index (χ4v) is 2.94. The van der Waals surface area contributed by atoms with Crippen LogP contribution in [0.25, 0.3) is 0 Å². The summed E-state index contributed by atoms with van der Waals surface area (Å²) >= 11 is 0. The van der Waals surface area contributed by atoms with Crippen LogP contribution >= 0.6 is 0 Å². The molecule has 6 atom stereocenters. The lowest BCUT2D eigenvalue weighted by atomic mass is 9.96. The number of carboxylic acids is 1. The van der Waals surface area contributed by atoms with Crippen molar-refractivity contribution in [3.63, 3.8) is 0 Å². The van der Waals surface area contributed by atoms with Crippen molar-refractivity contribution in [3.05, 3.63) is 0 Å². The van der Waals surface area contributed by atoms with E-state index in [1.54, 1.807) is 13.8 Å². The molecule has 11 N–H and O–H groups in total. The van der Waals surface area contributed by atoms with Crippen LogP contribution in [-0.4, -0.2) is 76.6 Å². The number of carbonyl (C=O) groups is 5. The van der Waals surface area contributed by atoms with Gasteiger partial charge in [0.05, 0.1) is 18.6 Å². The molecular formula is C20H38N6O7. The van der Waals surface area contributed by atoms with Gasteiger partial charge in [-0.05, 0) is 38.6 Å². The first kappa shape index (κ1) is 30.2. The number of aliphatic hydroxyl groups is 1. The van der Waals surface area contributed by atoms with Crippen LogP contribution in [-0.2, 0) is 24.0 Å². The highest BCUT2D eigenvalue weighted by Gasteiger charge is 2.34. The van der Waals surface area contributed by atoms with E-state index in [-0.39, 0.29) is 6.42 Å². The Labute approximate surface area is 193 Å². The van der Waals surface area contributed by atoms with Gasteiger partial charge in [0.15, 0.2) is 6.04 Å². The van der Waals surface area contributed by atoms with E-state index >= 15 is 0 Å². The standard InChI is InChI=1S/C20H38N6O7/c1-4-10(2)15(19(31)26-16(11(3)27)20(32)33)25-18(30)13(7-5-6-8-21)24-17(29)12(22)9-14(23)28/h10-13,15-16,27H,4-9,21-22H2,1-3H3,(H2,23,28)(H,24,29)(H,25,30)(H,26,31)(H,32,33). The van der Waals surface area contributed by atoms with Gasteiger partial charge in [-0.25, -0.2) is 4.79 Å². The Morgan fingerprint density at radius 1 is 0.909 bits per heavy atom. The maximum absolute atomic E-state index is 13.0. The van der Waals surface area contributed by atoms with Crippen molar-refractivity contribution in [1.29, 1.82) is 0 Å². The Balaban J connectivity index is 5.56. The summed E-state index contributed by atoms with van der Waals surface area (Å²) in [7, 11) is 0. The number of aliphatic hydroxyl groups excluding tert-OH is 1. The molecule has 0 bridgehead atoms. The SMILES string of the molecule is CCC(C)C(NC(=O)C(CCCCN)NC(=O)C(N)CC(N)=O)C(=O)NC(C(=O)O)C(C)O. The van der Waals surface area contributed by atoms with Crippen LogP contribution in [0.15, 0.2) is 0 Å². The zero-order chi connectivity index (χ0) is 25.7. The van der Waals surface area contributed by atoms with Crippen molar-refractivity contribution in [2.75, 3.05) is 6.54 Å². The van der Waals surface area contributed by atoms with Crippen LogP contribution in [0.4, 0.5) is 0 Å². The van der Waals surface area contributed by atoms with Gasteiger partial charge in [-0.2, -0.15) is 0 Å². The summed E-state index contributed by atoms with van der Waals surface area (Å²) in [5, 5.41) is 26.1. The first-order chi connectivity index (χ1) is 15.3. The summed E-state index contributed by atoms with van der Waals surface area (Å²) in [6.45, 7) is 5.06. The molecule has 0 heterocycles. The van der Waals surface area contributed by atoms with Gasteiger partial charge in [-0.1, -0.05) is 20.3 Å². The van der Waals surface area contributed by atoms with Gasteiger partial charge in [0.2, 0.25) is 23.6 Å². The maximum Gasteiger partial charge on any atom is 0.328 e. The molecule has 0 fully saturated rings. The quantitative estimate of drug-likeness (QED) is 0.108. The van der Waals surface area contributed by atoms with Crippen molar-refractivity contribution in [3.8, 4) is 0 Å². The van der Waals surface area contributed by atoms with Crippen LogP contribution < -0.4 is 33.2 Å². The molecule has 0 aromatic carbocycles. The molecule has 13 nitrogen and oxygen atoms in total. The van der Waals surface area contributed by atoms with E-state index in [1.807, 2.05) is 0 Å². The smallest absolute Gasteiger partial charge is 0.328 e. The Kier molecular flexibility index (Phi) is 13.9. The van der Waals surface area contributed by atoms with E-state index in [4.69, 9.17) is 17.2 Å². The Morgan fingerprint density at radius 2 is 1.48 bits per heavy atom. The summed E-state index contributed by atoms with van der Waals surface area (Å²) < 4.78 is 0. The summed E-state index contributed by atoms with van der Waals surface area (Å²) in [6, 6.07) is -5.01. The van der Waals surface area contributed by atoms with Crippen LogP contribution in [0.5, 0.6) is 0 Å². The molecule has 0 spiro atoms. The van der Waals surface area contributed by atoms with E-state index < -0.39 is 72.2 Å². The average molecular weight is 475 g/mol. The first-order valence-electron chi connectivity index (χ1n) is 10.9. The highest BCUT2D eigenvalue weighted by Crippen LogP contribution is 2.11. The molecule has 190 valence electrons. The number of aliphatic carboxylic acids is 1. The van der Waals surface area contributed by atoms with Crippen molar-refractivity contribution in [1.82, 2.24) is 16.0 Å². The number of carbonyl (C=O) groups excluding carboxylic acids is 4. The summed E-state index contributed by atoms with van der Waals surface area (Å²) in [5.74, 6) is -4.83. The molecular weight excluding hydrogens is 436 g/mol. The number of amides is 4. The number of hydrogen-bond donors (Lipinski definition) is 8. The lowest BCUT2D eigenvalue weighted by Crippen LogP contribution is -2.59. The molecule has 0 aliphatic rings. The Hall–Kier alpha value is -2.77. The fourth-order valence-electron chi connectivity index (χ4n) is 2.94. The molecule has 6 unspecified atom stereocenters. The van der Waals surface area contributed by atoms with Crippen molar-refractivity contribution < 1.29 is 34.2 Å². The second-order valence-electron chi connectivity index (χ2n) is 8.06. The van der Waals surface area contributed by atoms with Gasteiger partial charge in [0.1, 0.15) is 12.1 Å². The molecule has 13 heteroatoms. The van der Waals surface area contributed by atoms with Crippen LogP contribution in [0.2, 0.25) is 0 Å². The molecule has 0 radical (unpaired) electrons. The highest BCUT2D eigenvalue weighted by atomic mass is 16.4. The summed E-state index contributed by atoms with van der Waals surface area (Å²) in [4.78, 5) is 60.4.